The quantitative estimate of drug-likeness (QED) is 0.841. The number of benzene rings is 1. The third-order valence-corrected chi connectivity index (χ3v) is 4.14. The summed E-state index contributed by atoms with van der Waals surface area (Å²) in [6.45, 7) is 1.58. The molecule has 1 saturated heterocycles. The van der Waals surface area contributed by atoms with E-state index in [0.29, 0.717) is 4.90 Å². The minimum absolute atomic E-state index is 0.0245. The number of rotatable bonds is 5. The van der Waals surface area contributed by atoms with Crippen molar-refractivity contribution in [1.82, 2.24) is 10.2 Å². The van der Waals surface area contributed by atoms with E-state index in [4.69, 9.17) is 0 Å². The molecule has 1 aliphatic rings. The van der Waals surface area contributed by atoms with E-state index in [9.17, 15) is 14.0 Å². The molecule has 6 heteroatoms. The van der Waals surface area contributed by atoms with Crippen LogP contribution in [0.2, 0.25) is 0 Å². The van der Waals surface area contributed by atoms with Crippen molar-refractivity contribution in [2.45, 2.75) is 17.7 Å². The minimum atomic E-state index is -0.335. The molecule has 4 nitrogen and oxygen atoms in total. The Kier molecular flexibility index (Phi) is 5.40. The number of halogens is 1. The van der Waals surface area contributed by atoms with E-state index in [2.05, 4.69) is 5.32 Å². The van der Waals surface area contributed by atoms with Gasteiger partial charge in [-0.15, -0.1) is 11.8 Å². The number of carbonyl (C=O) groups is 2. The van der Waals surface area contributed by atoms with Gasteiger partial charge in [-0.05, 0) is 25.0 Å². The van der Waals surface area contributed by atoms with Crippen molar-refractivity contribution in [1.29, 1.82) is 0 Å². The molecule has 1 N–H and O–H groups in total. The van der Waals surface area contributed by atoms with Gasteiger partial charge in [0.1, 0.15) is 5.82 Å². The van der Waals surface area contributed by atoms with Crippen LogP contribution in [0.5, 0.6) is 0 Å². The fraction of sp³-hybridized carbons (Fsp3) is 0.429. The second-order valence-electron chi connectivity index (χ2n) is 4.58. The van der Waals surface area contributed by atoms with Gasteiger partial charge in [-0.25, -0.2) is 4.39 Å². The molecule has 1 aromatic rings. The molecule has 1 aliphatic heterocycles. The highest BCUT2D eigenvalue weighted by Crippen LogP contribution is 2.20. The first-order chi connectivity index (χ1) is 9.66. The van der Waals surface area contributed by atoms with Gasteiger partial charge in [-0.2, -0.15) is 0 Å². The van der Waals surface area contributed by atoms with Crippen LogP contribution < -0.4 is 5.32 Å². The summed E-state index contributed by atoms with van der Waals surface area (Å²) in [5.74, 6) is -0.537. The first kappa shape index (κ1) is 14.8. The molecule has 0 atom stereocenters. The Bertz CT molecular complexity index is 490. The number of carbonyl (C=O) groups excluding carboxylic acids is 2. The lowest BCUT2D eigenvalue weighted by Gasteiger charge is -2.15. The Labute approximate surface area is 121 Å². The lowest BCUT2D eigenvalue weighted by atomic mass is 10.3. The second kappa shape index (κ2) is 7.28. The van der Waals surface area contributed by atoms with Crippen molar-refractivity contribution in [3.63, 3.8) is 0 Å². The number of hydrogen-bond acceptors (Lipinski definition) is 3. The summed E-state index contributed by atoms with van der Waals surface area (Å²) in [5.41, 5.74) is 0. The van der Waals surface area contributed by atoms with E-state index < -0.39 is 0 Å². The molecule has 1 fully saturated rings. The molecule has 1 heterocycles. The first-order valence-electron chi connectivity index (χ1n) is 6.58. The standard InChI is InChI=1S/C14H17FN2O2S/c15-11-5-1-2-6-12(11)20-10-13(18)16-9-14(19)17-7-3-4-8-17/h1-2,5-6H,3-4,7-10H2,(H,16,18). The van der Waals surface area contributed by atoms with Crippen LogP contribution in [0.15, 0.2) is 29.2 Å². The summed E-state index contributed by atoms with van der Waals surface area (Å²) in [6.07, 6.45) is 2.06. The molecule has 1 aromatic carbocycles. The maximum Gasteiger partial charge on any atom is 0.241 e. The predicted octanol–water partition coefficient (Wildman–Crippen LogP) is 1.66. The molecule has 0 unspecified atom stereocenters. The van der Waals surface area contributed by atoms with Gasteiger partial charge in [-0.3, -0.25) is 9.59 Å². The SMILES string of the molecule is O=C(CSc1ccccc1F)NCC(=O)N1CCCC1. The van der Waals surface area contributed by atoms with Crippen molar-refractivity contribution in [3.8, 4) is 0 Å². The molecule has 20 heavy (non-hydrogen) atoms. The molecule has 0 bridgehead atoms. The van der Waals surface area contributed by atoms with Crippen LogP contribution in [0, 0.1) is 5.82 Å². The van der Waals surface area contributed by atoms with Gasteiger partial charge < -0.3 is 10.2 Å². The molecule has 0 radical (unpaired) electrons. The van der Waals surface area contributed by atoms with Crippen LogP contribution in [0.4, 0.5) is 4.39 Å². The Hall–Kier alpha value is -1.56. The first-order valence-corrected chi connectivity index (χ1v) is 7.57. The average Bonchev–Trinajstić information content (AvgIpc) is 2.98. The van der Waals surface area contributed by atoms with Crippen molar-refractivity contribution in [2.75, 3.05) is 25.4 Å². The van der Waals surface area contributed by atoms with Gasteiger partial charge >= 0.3 is 0 Å². The Morgan fingerprint density at radius 1 is 1.25 bits per heavy atom. The molecular weight excluding hydrogens is 279 g/mol. The number of likely N-dealkylation sites (tertiary alicyclic amines) is 1. The molecule has 2 rings (SSSR count). The van der Waals surface area contributed by atoms with Crippen molar-refractivity contribution in [2.24, 2.45) is 0 Å². The van der Waals surface area contributed by atoms with Gasteiger partial charge in [0.05, 0.1) is 12.3 Å². The van der Waals surface area contributed by atoms with Gasteiger partial charge in [0.25, 0.3) is 0 Å². The van der Waals surface area contributed by atoms with E-state index in [0.717, 1.165) is 37.7 Å². The lowest BCUT2D eigenvalue weighted by molar-refractivity contribution is -0.131. The largest absolute Gasteiger partial charge is 0.346 e. The summed E-state index contributed by atoms with van der Waals surface area (Å²) >= 11 is 1.13. The highest BCUT2D eigenvalue weighted by atomic mass is 32.2. The lowest BCUT2D eigenvalue weighted by Crippen LogP contribution is -2.39. The van der Waals surface area contributed by atoms with Crippen LogP contribution in [0.25, 0.3) is 0 Å². The zero-order valence-electron chi connectivity index (χ0n) is 11.1. The molecule has 108 valence electrons. The predicted molar refractivity (Wildman–Crippen MR) is 75.9 cm³/mol. The molecule has 0 spiro atoms. The molecule has 0 aliphatic carbocycles. The van der Waals surface area contributed by atoms with Gasteiger partial charge in [0, 0.05) is 18.0 Å². The van der Waals surface area contributed by atoms with Gasteiger partial charge in [-0.1, -0.05) is 12.1 Å². The normalized spacial score (nSPS) is 14.3. The monoisotopic (exact) mass is 296 g/mol. The Morgan fingerprint density at radius 3 is 2.65 bits per heavy atom. The maximum absolute atomic E-state index is 13.3. The summed E-state index contributed by atoms with van der Waals surface area (Å²) in [5, 5.41) is 2.58. The Balaban J connectivity index is 1.70. The van der Waals surface area contributed by atoms with Crippen LogP contribution in [-0.2, 0) is 9.59 Å². The van der Waals surface area contributed by atoms with E-state index in [-0.39, 0.29) is 29.9 Å². The number of thioether (sulfide) groups is 1. The third-order valence-electron chi connectivity index (χ3n) is 3.09. The van der Waals surface area contributed by atoms with Gasteiger partial charge in [0.15, 0.2) is 0 Å². The topological polar surface area (TPSA) is 49.4 Å². The highest BCUT2D eigenvalue weighted by molar-refractivity contribution is 8.00. The average molecular weight is 296 g/mol. The number of amides is 2. The fourth-order valence-corrected chi connectivity index (χ4v) is 2.78. The second-order valence-corrected chi connectivity index (χ2v) is 5.60. The zero-order valence-corrected chi connectivity index (χ0v) is 11.9. The van der Waals surface area contributed by atoms with Crippen LogP contribution >= 0.6 is 11.8 Å². The van der Waals surface area contributed by atoms with Gasteiger partial charge in [0.2, 0.25) is 11.8 Å². The third kappa shape index (κ3) is 4.23. The van der Waals surface area contributed by atoms with E-state index >= 15 is 0 Å². The van der Waals surface area contributed by atoms with Crippen molar-refractivity contribution in [3.05, 3.63) is 30.1 Å². The van der Waals surface area contributed by atoms with Crippen LogP contribution in [0.3, 0.4) is 0 Å². The van der Waals surface area contributed by atoms with Crippen molar-refractivity contribution >= 4 is 23.6 Å². The fourth-order valence-electron chi connectivity index (χ4n) is 2.01. The van der Waals surface area contributed by atoms with Crippen molar-refractivity contribution < 1.29 is 14.0 Å². The highest BCUT2D eigenvalue weighted by Gasteiger charge is 2.18. The van der Waals surface area contributed by atoms with E-state index in [1.165, 1.54) is 6.07 Å². The zero-order chi connectivity index (χ0) is 14.4. The van der Waals surface area contributed by atoms with E-state index in [1.807, 2.05) is 0 Å². The smallest absolute Gasteiger partial charge is 0.241 e. The molecule has 0 saturated carbocycles. The maximum atomic E-state index is 13.3. The summed E-state index contributed by atoms with van der Waals surface area (Å²) in [7, 11) is 0. The number of hydrogen-bond donors (Lipinski definition) is 1. The minimum Gasteiger partial charge on any atom is -0.346 e. The Morgan fingerprint density at radius 2 is 1.95 bits per heavy atom. The van der Waals surface area contributed by atoms with Crippen LogP contribution in [-0.4, -0.2) is 42.1 Å². The summed E-state index contributed by atoms with van der Waals surface area (Å²) < 4.78 is 13.3. The molecule has 2 amide bonds. The number of nitrogens with zero attached hydrogens (tertiary/aromatic N) is 1. The molecular formula is C14H17FN2O2S. The molecule has 0 aromatic heterocycles. The van der Waals surface area contributed by atoms with Crippen LogP contribution in [0.1, 0.15) is 12.8 Å². The summed E-state index contributed by atoms with van der Waals surface area (Å²) in [6, 6.07) is 6.31. The van der Waals surface area contributed by atoms with E-state index in [1.54, 1.807) is 23.1 Å². The summed E-state index contributed by atoms with van der Waals surface area (Å²) in [4.78, 5) is 25.5. The number of nitrogens with one attached hydrogen (secondary N) is 1.